The molecule has 2 aromatic rings. The van der Waals surface area contributed by atoms with Crippen LogP contribution in [0.4, 0.5) is 5.69 Å². The molecule has 0 saturated heterocycles. The van der Waals surface area contributed by atoms with Crippen molar-refractivity contribution in [3.63, 3.8) is 0 Å². The van der Waals surface area contributed by atoms with Gasteiger partial charge in [0.1, 0.15) is 0 Å². The van der Waals surface area contributed by atoms with Gasteiger partial charge >= 0.3 is 0 Å². The molecule has 0 amide bonds. The summed E-state index contributed by atoms with van der Waals surface area (Å²) >= 11 is 0. The van der Waals surface area contributed by atoms with Gasteiger partial charge in [0.15, 0.2) is 0 Å². The van der Waals surface area contributed by atoms with E-state index in [1.165, 1.54) is 6.20 Å². The molecule has 0 aliphatic heterocycles. The Morgan fingerprint density at radius 3 is 2.55 bits per heavy atom. The van der Waals surface area contributed by atoms with Gasteiger partial charge in [-0.05, 0) is 42.7 Å². The third-order valence-electron chi connectivity index (χ3n) is 2.89. The van der Waals surface area contributed by atoms with Gasteiger partial charge in [-0.15, -0.1) is 0 Å². The maximum atomic E-state index is 12.4. The highest BCUT2D eigenvalue weighted by Gasteiger charge is 2.17. The molecular weight excluding hydrogens is 274 g/mol. The zero-order chi connectivity index (χ0) is 14.8. The Balaban J connectivity index is 2.36. The largest absolute Gasteiger partial charge is 0.326 e. The van der Waals surface area contributed by atoms with E-state index in [0.717, 1.165) is 11.1 Å². The minimum atomic E-state index is -3.62. The van der Waals surface area contributed by atoms with Gasteiger partial charge < -0.3 is 5.73 Å². The van der Waals surface area contributed by atoms with Crippen molar-refractivity contribution in [3.05, 3.63) is 53.3 Å². The second-order valence-electron chi connectivity index (χ2n) is 4.66. The summed E-state index contributed by atoms with van der Waals surface area (Å²) in [5.74, 6) is 0. The van der Waals surface area contributed by atoms with Crippen LogP contribution in [0.2, 0.25) is 0 Å². The van der Waals surface area contributed by atoms with E-state index < -0.39 is 10.0 Å². The molecule has 1 aromatic carbocycles. The third-order valence-corrected chi connectivity index (χ3v) is 4.43. The molecule has 0 unspecified atom stereocenters. The van der Waals surface area contributed by atoms with E-state index in [-0.39, 0.29) is 4.90 Å². The van der Waals surface area contributed by atoms with Gasteiger partial charge in [0.25, 0.3) is 10.0 Å². The predicted octanol–water partition coefficient (Wildman–Crippen LogP) is 1.96. The fourth-order valence-electron chi connectivity index (χ4n) is 1.96. The molecule has 0 spiro atoms. The average molecular weight is 291 g/mol. The van der Waals surface area contributed by atoms with Gasteiger partial charge in [-0.1, -0.05) is 12.1 Å². The molecule has 1 heterocycles. The highest BCUT2D eigenvalue weighted by molar-refractivity contribution is 7.92. The zero-order valence-electron chi connectivity index (χ0n) is 11.4. The van der Waals surface area contributed by atoms with Crippen LogP contribution >= 0.6 is 0 Å². The van der Waals surface area contributed by atoms with Crippen molar-refractivity contribution >= 4 is 15.7 Å². The summed E-state index contributed by atoms with van der Waals surface area (Å²) in [5, 5.41) is 0. The summed E-state index contributed by atoms with van der Waals surface area (Å²) in [7, 11) is -3.62. The number of hydrogen-bond donors (Lipinski definition) is 2. The van der Waals surface area contributed by atoms with Gasteiger partial charge in [-0.2, -0.15) is 0 Å². The molecule has 0 aliphatic carbocycles. The van der Waals surface area contributed by atoms with Crippen molar-refractivity contribution in [2.45, 2.75) is 25.3 Å². The molecule has 2 rings (SSSR count). The molecule has 3 N–H and O–H groups in total. The molecule has 0 bridgehead atoms. The van der Waals surface area contributed by atoms with Crippen molar-refractivity contribution in [3.8, 4) is 0 Å². The quantitative estimate of drug-likeness (QED) is 0.901. The summed E-state index contributed by atoms with van der Waals surface area (Å²) in [5.41, 5.74) is 8.45. The van der Waals surface area contributed by atoms with E-state index in [1.807, 2.05) is 6.92 Å². The summed E-state index contributed by atoms with van der Waals surface area (Å²) in [6.45, 7) is 3.99. The SMILES string of the molecule is Cc1cncc(NS(=O)(=O)c2ccc(CN)cc2C)c1. The number of benzene rings is 1. The van der Waals surface area contributed by atoms with Gasteiger partial charge in [-0.25, -0.2) is 8.42 Å². The number of nitrogens with one attached hydrogen (secondary N) is 1. The van der Waals surface area contributed by atoms with Crippen LogP contribution in [-0.2, 0) is 16.6 Å². The Labute approximate surface area is 118 Å². The van der Waals surface area contributed by atoms with Crippen molar-refractivity contribution < 1.29 is 8.42 Å². The van der Waals surface area contributed by atoms with E-state index in [1.54, 1.807) is 37.4 Å². The Morgan fingerprint density at radius 2 is 1.95 bits per heavy atom. The Hall–Kier alpha value is -1.92. The first-order valence-electron chi connectivity index (χ1n) is 6.16. The number of nitrogens with two attached hydrogens (primary N) is 1. The first-order valence-corrected chi connectivity index (χ1v) is 7.65. The summed E-state index contributed by atoms with van der Waals surface area (Å²) < 4.78 is 27.3. The molecule has 20 heavy (non-hydrogen) atoms. The van der Waals surface area contributed by atoms with E-state index in [4.69, 9.17) is 5.73 Å². The lowest BCUT2D eigenvalue weighted by Gasteiger charge is -2.11. The number of aryl methyl sites for hydroxylation is 2. The summed E-state index contributed by atoms with van der Waals surface area (Å²) in [6, 6.07) is 6.80. The Morgan fingerprint density at radius 1 is 1.20 bits per heavy atom. The second kappa shape index (κ2) is 5.60. The van der Waals surface area contributed by atoms with Crippen LogP contribution in [0.3, 0.4) is 0 Å². The van der Waals surface area contributed by atoms with Gasteiger partial charge in [0.05, 0.1) is 16.8 Å². The Kier molecular flexibility index (Phi) is 4.06. The number of pyridine rings is 1. The fraction of sp³-hybridized carbons (Fsp3) is 0.214. The molecule has 0 atom stereocenters. The molecule has 5 nitrogen and oxygen atoms in total. The number of hydrogen-bond acceptors (Lipinski definition) is 4. The Bertz CT molecular complexity index is 727. The minimum absolute atomic E-state index is 0.246. The zero-order valence-corrected chi connectivity index (χ0v) is 12.2. The first-order chi connectivity index (χ1) is 9.42. The van der Waals surface area contributed by atoms with E-state index in [9.17, 15) is 8.42 Å². The maximum Gasteiger partial charge on any atom is 0.262 e. The number of sulfonamides is 1. The van der Waals surface area contributed by atoms with Crippen LogP contribution in [0.1, 0.15) is 16.7 Å². The maximum absolute atomic E-state index is 12.4. The van der Waals surface area contributed by atoms with Crippen molar-refractivity contribution in [2.75, 3.05) is 4.72 Å². The average Bonchev–Trinajstić information content (AvgIpc) is 2.37. The number of anilines is 1. The molecular formula is C14H17N3O2S. The molecule has 106 valence electrons. The van der Waals surface area contributed by atoms with Crippen molar-refractivity contribution in [2.24, 2.45) is 5.73 Å². The lowest BCUT2D eigenvalue weighted by atomic mass is 10.1. The standard InChI is InChI=1S/C14H17N3O2S/c1-10-5-13(9-16-8-10)17-20(18,19)14-4-3-12(7-15)6-11(14)2/h3-6,8-9,17H,7,15H2,1-2H3. The normalized spacial score (nSPS) is 11.3. The van der Waals surface area contributed by atoms with Gasteiger partial charge in [-0.3, -0.25) is 9.71 Å². The highest BCUT2D eigenvalue weighted by Crippen LogP contribution is 2.20. The van der Waals surface area contributed by atoms with Crippen molar-refractivity contribution in [1.29, 1.82) is 0 Å². The lowest BCUT2D eigenvalue weighted by molar-refractivity contribution is 0.600. The van der Waals surface area contributed by atoms with Crippen LogP contribution in [0, 0.1) is 13.8 Å². The topological polar surface area (TPSA) is 85.1 Å². The van der Waals surface area contributed by atoms with Crippen LogP contribution in [0.15, 0.2) is 41.6 Å². The predicted molar refractivity (Wildman–Crippen MR) is 78.9 cm³/mol. The van der Waals surface area contributed by atoms with Crippen LogP contribution in [0.5, 0.6) is 0 Å². The summed E-state index contributed by atoms with van der Waals surface area (Å²) in [4.78, 5) is 4.21. The van der Waals surface area contributed by atoms with E-state index in [0.29, 0.717) is 17.8 Å². The number of aromatic nitrogens is 1. The first kappa shape index (κ1) is 14.5. The van der Waals surface area contributed by atoms with Crippen LogP contribution < -0.4 is 10.5 Å². The molecule has 0 fully saturated rings. The van der Waals surface area contributed by atoms with Crippen LogP contribution in [-0.4, -0.2) is 13.4 Å². The van der Waals surface area contributed by atoms with Crippen LogP contribution in [0.25, 0.3) is 0 Å². The molecule has 0 aliphatic rings. The molecule has 0 radical (unpaired) electrons. The van der Waals surface area contributed by atoms with Crippen molar-refractivity contribution in [1.82, 2.24) is 4.98 Å². The minimum Gasteiger partial charge on any atom is -0.326 e. The summed E-state index contributed by atoms with van der Waals surface area (Å²) in [6.07, 6.45) is 3.15. The van der Waals surface area contributed by atoms with Gasteiger partial charge in [0.2, 0.25) is 0 Å². The monoisotopic (exact) mass is 291 g/mol. The highest BCUT2D eigenvalue weighted by atomic mass is 32.2. The van der Waals surface area contributed by atoms with E-state index in [2.05, 4.69) is 9.71 Å². The number of rotatable bonds is 4. The number of nitrogens with zero attached hydrogens (tertiary/aromatic N) is 1. The molecule has 1 aromatic heterocycles. The molecule has 6 heteroatoms. The smallest absolute Gasteiger partial charge is 0.262 e. The van der Waals surface area contributed by atoms with Gasteiger partial charge in [0, 0.05) is 12.7 Å². The second-order valence-corrected chi connectivity index (χ2v) is 6.31. The lowest BCUT2D eigenvalue weighted by Crippen LogP contribution is -2.15. The fourth-order valence-corrected chi connectivity index (χ4v) is 3.22. The van der Waals surface area contributed by atoms with E-state index >= 15 is 0 Å². The molecule has 0 saturated carbocycles. The third kappa shape index (κ3) is 3.15.